The van der Waals surface area contributed by atoms with Gasteiger partial charge in [0, 0.05) is 13.0 Å². The highest BCUT2D eigenvalue weighted by molar-refractivity contribution is 5.78. The van der Waals surface area contributed by atoms with E-state index in [9.17, 15) is 9.18 Å². The van der Waals surface area contributed by atoms with Crippen molar-refractivity contribution < 1.29 is 18.7 Å². The lowest BCUT2D eigenvalue weighted by molar-refractivity contribution is -0.133. The molecule has 160 valence electrons. The molecule has 0 saturated heterocycles. The standard InChI is InChI=1S/C25H30FNO3/c1-29-22-15-19-13-14-27(24(28)12-7-17-5-3-4-6-17)25(21(19)16-23(22)30-2)18-8-10-20(26)11-9-18/h8-11,15-17,25H,3-7,12-14H2,1-2H3/t25-/m1/s1. The Kier molecular flexibility index (Phi) is 6.26. The topological polar surface area (TPSA) is 38.8 Å². The van der Waals surface area contributed by atoms with Gasteiger partial charge in [-0.2, -0.15) is 0 Å². The highest BCUT2D eigenvalue weighted by Crippen LogP contribution is 2.41. The minimum atomic E-state index is -0.277. The largest absolute Gasteiger partial charge is 0.493 e. The van der Waals surface area contributed by atoms with Crippen molar-refractivity contribution in [1.29, 1.82) is 0 Å². The SMILES string of the molecule is COc1cc2c(cc1OC)[C@@H](c1ccc(F)cc1)N(C(=O)CCC1CCCC1)CC2. The van der Waals surface area contributed by atoms with E-state index in [1.807, 2.05) is 17.0 Å². The summed E-state index contributed by atoms with van der Waals surface area (Å²) in [7, 11) is 3.24. The number of amides is 1. The van der Waals surface area contributed by atoms with E-state index in [4.69, 9.17) is 9.47 Å². The van der Waals surface area contributed by atoms with Crippen LogP contribution in [0.15, 0.2) is 36.4 Å². The first kappa shape index (κ1) is 20.7. The van der Waals surface area contributed by atoms with Gasteiger partial charge in [0.05, 0.1) is 20.3 Å². The number of hydrogen-bond acceptors (Lipinski definition) is 3. The number of benzene rings is 2. The van der Waals surface area contributed by atoms with E-state index in [0.717, 1.165) is 29.5 Å². The highest BCUT2D eigenvalue weighted by Gasteiger charge is 2.33. The van der Waals surface area contributed by atoms with E-state index in [1.54, 1.807) is 26.4 Å². The molecule has 1 atom stereocenters. The molecular weight excluding hydrogens is 381 g/mol. The molecule has 0 unspecified atom stereocenters. The summed E-state index contributed by atoms with van der Waals surface area (Å²) in [6.07, 6.45) is 7.37. The van der Waals surface area contributed by atoms with Gasteiger partial charge in [0.2, 0.25) is 5.91 Å². The third kappa shape index (κ3) is 4.16. The van der Waals surface area contributed by atoms with Crippen LogP contribution in [0.4, 0.5) is 4.39 Å². The lowest BCUT2D eigenvalue weighted by Gasteiger charge is -2.38. The summed E-state index contributed by atoms with van der Waals surface area (Å²) in [6.45, 7) is 0.647. The predicted octanol–water partition coefficient (Wildman–Crippen LogP) is 5.29. The van der Waals surface area contributed by atoms with E-state index in [1.165, 1.54) is 37.8 Å². The van der Waals surface area contributed by atoms with Crippen LogP contribution < -0.4 is 9.47 Å². The number of carbonyl (C=O) groups excluding carboxylic acids is 1. The van der Waals surface area contributed by atoms with Crippen molar-refractivity contribution in [2.75, 3.05) is 20.8 Å². The van der Waals surface area contributed by atoms with Gasteiger partial charge in [-0.05, 0) is 59.7 Å². The van der Waals surface area contributed by atoms with Gasteiger partial charge < -0.3 is 14.4 Å². The van der Waals surface area contributed by atoms with Crippen LogP contribution in [0.3, 0.4) is 0 Å². The maximum Gasteiger partial charge on any atom is 0.223 e. The smallest absolute Gasteiger partial charge is 0.223 e. The molecule has 0 spiro atoms. The fourth-order valence-electron chi connectivity index (χ4n) is 4.99. The molecule has 4 nitrogen and oxygen atoms in total. The predicted molar refractivity (Wildman–Crippen MR) is 114 cm³/mol. The van der Waals surface area contributed by atoms with Crippen LogP contribution in [0.1, 0.15) is 61.3 Å². The Morgan fingerprint density at radius 3 is 2.40 bits per heavy atom. The van der Waals surface area contributed by atoms with E-state index in [-0.39, 0.29) is 17.8 Å². The van der Waals surface area contributed by atoms with Gasteiger partial charge in [0.15, 0.2) is 11.5 Å². The molecule has 0 bridgehead atoms. The number of rotatable bonds is 6. The van der Waals surface area contributed by atoms with Gasteiger partial charge in [-0.3, -0.25) is 4.79 Å². The average Bonchev–Trinajstić information content (AvgIpc) is 3.30. The number of ether oxygens (including phenoxy) is 2. The zero-order chi connectivity index (χ0) is 21.1. The molecule has 2 aromatic carbocycles. The van der Waals surface area contributed by atoms with Crippen molar-refractivity contribution >= 4 is 5.91 Å². The van der Waals surface area contributed by atoms with Gasteiger partial charge in [0.1, 0.15) is 5.82 Å². The van der Waals surface area contributed by atoms with Crippen LogP contribution in [-0.4, -0.2) is 31.6 Å². The van der Waals surface area contributed by atoms with Crippen LogP contribution >= 0.6 is 0 Å². The molecule has 30 heavy (non-hydrogen) atoms. The Balaban J connectivity index is 1.68. The van der Waals surface area contributed by atoms with E-state index in [0.29, 0.717) is 30.4 Å². The quantitative estimate of drug-likeness (QED) is 0.649. The van der Waals surface area contributed by atoms with Crippen LogP contribution in [0.25, 0.3) is 0 Å². The lowest BCUT2D eigenvalue weighted by atomic mass is 9.87. The van der Waals surface area contributed by atoms with Gasteiger partial charge in [-0.25, -0.2) is 4.39 Å². The van der Waals surface area contributed by atoms with Crippen LogP contribution in [0.2, 0.25) is 0 Å². The fraction of sp³-hybridized carbons (Fsp3) is 0.480. The molecular formula is C25H30FNO3. The Morgan fingerprint density at radius 1 is 1.07 bits per heavy atom. The normalized spacial score (nSPS) is 18.9. The molecule has 1 saturated carbocycles. The first-order valence-corrected chi connectivity index (χ1v) is 10.9. The Hall–Kier alpha value is -2.56. The third-order valence-corrected chi connectivity index (χ3v) is 6.62. The first-order valence-electron chi connectivity index (χ1n) is 10.9. The maximum atomic E-state index is 13.6. The Morgan fingerprint density at radius 2 is 1.73 bits per heavy atom. The minimum Gasteiger partial charge on any atom is -0.493 e. The second-order valence-corrected chi connectivity index (χ2v) is 8.39. The number of fused-ring (bicyclic) bond motifs is 1. The van der Waals surface area contributed by atoms with Crippen molar-refractivity contribution in [2.45, 2.75) is 51.0 Å². The maximum absolute atomic E-state index is 13.6. The lowest BCUT2D eigenvalue weighted by Crippen LogP contribution is -2.40. The number of hydrogen-bond donors (Lipinski definition) is 0. The molecule has 1 aliphatic heterocycles. The van der Waals surface area contributed by atoms with Gasteiger partial charge in [0.25, 0.3) is 0 Å². The molecule has 1 fully saturated rings. The molecule has 5 heteroatoms. The zero-order valence-electron chi connectivity index (χ0n) is 17.8. The number of halogens is 1. The van der Waals surface area contributed by atoms with Gasteiger partial charge in [-0.1, -0.05) is 37.8 Å². The van der Waals surface area contributed by atoms with Crippen LogP contribution in [-0.2, 0) is 11.2 Å². The van der Waals surface area contributed by atoms with Crippen molar-refractivity contribution in [3.05, 3.63) is 58.9 Å². The molecule has 0 aromatic heterocycles. The van der Waals surface area contributed by atoms with Gasteiger partial charge in [-0.15, -0.1) is 0 Å². The van der Waals surface area contributed by atoms with E-state index >= 15 is 0 Å². The average molecular weight is 412 g/mol. The Bertz CT molecular complexity index is 890. The van der Waals surface area contributed by atoms with Gasteiger partial charge >= 0.3 is 0 Å². The molecule has 0 N–H and O–H groups in total. The molecule has 2 aliphatic rings. The summed E-state index contributed by atoms with van der Waals surface area (Å²) in [6, 6.07) is 10.2. The summed E-state index contributed by atoms with van der Waals surface area (Å²) >= 11 is 0. The molecule has 0 radical (unpaired) electrons. The summed E-state index contributed by atoms with van der Waals surface area (Å²) in [5.74, 6) is 1.91. The summed E-state index contributed by atoms with van der Waals surface area (Å²) < 4.78 is 24.6. The highest BCUT2D eigenvalue weighted by atomic mass is 19.1. The second-order valence-electron chi connectivity index (χ2n) is 8.39. The molecule has 2 aromatic rings. The molecule has 1 amide bonds. The van der Waals surface area contributed by atoms with Crippen molar-refractivity contribution in [3.8, 4) is 11.5 Å². The fourth-order valence-corrected chi connectivity index (χ4v) is 4.99. The number of methoxy groups -OCH3 is 2. The number of carbonyl (C=O) groups is 1. The first-order chi connectivity index (χ1) is 14.6. The minimum absolute atomic E-state index is 0.177. The second kappa shape index (κ2) is 9.07. The van der Waals surface area contributed by atoms with Crippen LogP contribution in [0, 0.1) is 11.7 Å². The van der Waals surface area contributed by atoms with Crippen molar-refractivity contribution in [2.24, 2.45) is 5.92 Å². The number of nitrogens with zero attached hydrogens (tertiary/aromatic N) is 1. The van der Waals surface area contributed by atoms with Crippen LogP contribution in [0.5, 0.6) is 11.5 Å². The summed E-state index contributed by atoms with van der Waals surface area (Å²) in [5.41, 5.74) is 3.08. The summed E-state index contributed by atoms with van der Waals surface area (Å²) in [5, 5.41) is 0. The monoisotopic (exact) mass is 411 g/mol. The van der Waals surface area contributed by atoms with Crippen molar-refractivity contribution in [3.63, 3.8) is 0 Å². The third-order valence-electron chi connectivity index (χ3n) is 6.62. The van der Waals surface area contributed by atoms with E-state index in [2.05, 4.69) is 0 Å². The molecule has 1 aliphatic carbocycles. The zero-order valence-corrected chi connectivity index (χ0v) is 17.8. The van der Waals surface area contributed by atoms with Crippen molar-refractivity contribution in [1.82, 2.24) is 4.90 Å². The molecule has 4 rings (SSSR count). The summed E-state index contributed by atoms with van der Waals surface area (Å²) in [4.78, 5) is 15.3. The van der Waals surface area contributed by atoms with E-state index < -0.39 is 0 Å². The Labute approximate surface area is 178 Å². The molecule has 1 heterocycles.